The molecule has 2 heterocycles. The summed E-state index contributed by atoms with van der Waals surface area (Å²) in [4.78, 5) is 0. The number of aromatic nitrogens is 1. The van der Waals surface area contributed by atoms with Crippen LogP contribution in [0.4, 0.5) is 0 Å². The van der Waals surface area contributed by atoms with Gasteiger partial charge in [-0.15, -0.1) is 0 Å². The van der Waals surface area contributed by atoms with E-state index in [1.807, 2.05) is 18.2 Å². The molecule has 0 saturated carbocycles. The standard InChI is InChI=1S/C14H15ClN2/c1-17-13-5-6-16-9-11(13)8-14(17)10-3-2-4-12(15)7-10/h2-4,7-8,16H,5-6,9H2,1H3. The molecule has 2 nitrogen and oxygen atoms in total. The van der Waals surface area contributed by atoms with E-state index in [9.17, 15) is 0 Å². The van der Waals surface area contributed by atoms with Gasteiger partial charge in [-0.05, 0) is 29.3 Å². The van der Waals surface area contributed by atoms with Crippen molar-refractivity contribution in [3.05, 3.63) is 46.6 Å². The molecule has 0 amide bonds. The minimum absolute atomic E-state index is 0.791. The summed E-state index contributed by atoms with van der Waals surface area (Å²) in [6.45, 7) is 2.05. The van der Waals surface area contributed by atoms with Gasteiger partial charge in [0.05, 0.1) is 0 Å². The van der Waals surface area contributed by atoms with Gasteiger partial charge in [-0.2, -0.15) is 0 Å². The van der Waals surface area contributed by atoms with Gasteiger partial charge in [0.15, 0.2) is 0 Å². The highest BCUT2D eigenvalue weighted by molar-refractivity contribution is 6.30. The first kappa shape index (κ1) is 10.9. The summed E-state index contributed by atoms with van der Waals surface area (Å²) in [5, 5.41) is 4.20. The molecule has 0 unspecified atom stereocenters. The highest BCUT2D eigenvalue weighted by Gasteiger charge is 2.16. The Morgan fingerprint density at radius 3 is 2.94 bits per heavy atom. The van der Waals surface area contributed by atoms with E-state index in [1.165, 1.54) is 22.5 Å². The first-order valence-corrected chi connectivity index (χ1v) is 6.27. The van der Waals surface area contributed by atoms with Gasteiger partial charge >= 0.3 is 0 Å². The quantitative estimate of drug-likeness (QED) is 0.819. The van der Waals surface area contributed by atoms with Gasteiger partial charge in [0.25, 0.3) is 0 Å². The van der Waals surface area contributed by atoms with Crippen LogP contribution in [0.15, 0.2) is 30.3 Å². The Morgan fingerprint density at radius 2 is 2.18 bits per heavy atom. The molecule has 0 bridgehead atoms. The van der Waals surface area contributed by atoms with Gasteiger partial charge in [0, 0.05) is 43.0 Å². The van der Waals surface area contributed by atoms with Crippen molar-refractivity contribution >= 4 is 11.6 Å². The molecule has 2 aromatic rings. The SMILES string of the molecule is Cn1c(-c2cccc(Cl)c2)cc2c1CCNC2. The molecule has 0 spiro atoms. The molecule has 1 aliphatic rings. The van der Waals surface area contributed by atoms with Gasteiger partial charge in [-0.1, -0.05) is 23.7 Å². The lowest BCUT2D eigenvalue weighted by atomic mass is 10.1. The van der Waals surface area contributed by atoms with Crippen molar-refractivity contribution in [2.24, 2.45) is 7.05 Å². The van der Waals surface area contributed by atoms with E-state index in [2.05, 4.69) is 29.1 Å². The highest BCUT2D eigenvalue weighted by Crippen LogP contribution is 2.28. The second kappa shape index (κ2) is 4.21. The topological polar surface area (TPSA) is 17.0 Å². The van der Waals surface area contributed by atoms with Crippen molar-refractivity contribution < 1.29 is 0 Å². The fraction of sp³-hybridized carbons (Fsp3) is 0.286. The minimum atomic E-state index is 0.791. The molecule has 1 aromatic heterocycles. The lowest BCUT2D eigenvalue weighted by Gasteiger charge is -2.14. The van der Waals surface area contributed by atoms with Crippen molar-refractivity contribution in [2.45, 2.75) is 13.0 Å². The molecule has 0 radical (unpaired) electrons. The number of nitrogens with one attached hydrogen (secondary N) is 1. The van der Waals surface area contributed by atoms with E-state index in [4.69, 9.17) is 11.6 Å². The van der Waals surface area contributed by atoms with Gasteiger partial charge in [-0.3, -0.25) is 0 Å². The van der Waals surface area contributed by atoms with Crippen LogP contribution in [0.3, 0.4) is 0 Å². The molecule has 3 heteroatoms. The molecule has 17 heavy (non-hydrogen) atoms. The van der Waals surface area contributed by atoms with Crippen LogP contribution in [0.5, 0.6) is 0 Å². The third-order valence-electron chi connectivity index (χ3n) is 3.42. The van der Waals surface area contributed by atoms with Crippen molar-refractivity contribution in [1.82, 2.24) is 9.88 Å². The smallest absolute Gasteiger partial charge is 0.0483 e. The van der Waals surface area contributed by atoms with E-state index in [-0.39, 0.29) is 0 Å². The van der Waals surface area contributed by atoms with Crippen LogP contribution in [0.2, 0.25) is 5.02 Å². The van der Waals surface area contributed by atoms with Crippen LogP contribution < -0.4 is 5.32 Å². The maximum Gasteiger partial charge on any atom is 0.0483 e. The fourth-order valence-corrected chi connectivity index (χ4v) is 2.73. The van der Waals surface area contributed by atoms with Crippen molar-refractivity contribution in [3.63, 3.8) is 0 Å². The first-order chi connectivity index (χ1) is 8.25. The molecular formula is C14H15ClN2. The average Bonchev–Trinajstić information content (AvgIpc) is 2.68. The Balaban J connectivity index is 2.12. The van der Waals surface area contributed by atoms with Gasteiger partial charge in [0.2, 0.25) is 0 Å². The normalized spacial score (nSPS) is 14.7. The van der Waals surface area contributed by atoms with Crippen LogP contribution in [-0.4, -0.2) is 11.1 Å². The van der Waals surface area contributed by atoms with Gasteiger partial charge < -0.3 is 9.88 Å². The summed E-state index contributed by atoms with van der Waals surface area (Å²) in [7, 11) is 2.14. The summed E-state index contributed by atoms with van der Waals surface area (Å²) in [6, 6.07) is 10.3. The number of hydrogen-bond acceptors (Lipinski definition) is 1. The Bertz CT molecular complexity index is 557. The molecule has 1 aromatic carbocycles. The van der Waals surface area contributed by atoms with Crippen molar-refractivity contribution in [3.8, 4) is 11.3 Å². The summed E-state index contributed by atoms with van der Waals surface area (Å²) in [5.41, 5.74) is 5.29. The Morgan fingerprint density at radius 1 is 1.29 bits per heavy atom. The molecule has 0 fully saturated rings. The second-order valence-corrected chi connectivity index (χ2v) is 4.93. The van der Waals surface area contributed by atoms with E-state index in [0.29, 0.717) is 0 Å². The van der Waals surface area contributed by atoms with E-state index in [0.717, 1.165) is 24.5 Å². The third-order valence-corrected chi connectivity index (χ3v) is 3.66. The number of nitrogens with zero attached hydrogens (tertiary/aromatic N) is 1. The number of fused-ring (bicyclic) bond motifs is 1. The molecule has 0 atom stereocenters. The van der Waals surface area contributed by atoms with Crippen LogP contribution in [0.25, 0.3) is 11.3 Å². The molecular weight excluding hydrogens is 232 g/mol. The molecule has 0 saturated heterocycles. The summed E-state index contributed by atoms with van der Waals surface area (Å²) >= 11 is 6.05. The number of rotatable bonds is 1. The predicted octanol–water partition coefficient (Wildman–Crippen LogP) is 2.99. The van der Waals surface area contributed by atoms with E-state index >= 15 is 0 Å². The molecule has 1 N–H and O–H groups in total. The van der Waals surface area contributed by atoms with Crippen LogP contribution in [0.1, 0.15) is 11.3 Å². The average molecular weight is 247 g/mol. The molecule has 3 rings (SSSR count). The fourth-order valence-electron chi connectivity index (χ4n) is 2.54. The Hall–Kier alpha value is -1.25. The van der Waals surface area contributed by atoms with E-state index < -0.39 is 0 Å². The van der Waals surface area contributed by atoms with Gasteiger partial charge in [-0.25, -0.2) is 0 Å². The number of benzene rings is 1. The van der Waals surface area contributed by atoms with Crippen LogP contribution in [0, 0.1) is 0 Å². The van der Waals surface area contributed by atoms with Crippen molar-refractivity contribution in [2.75, 3.05) is 6.54 Å². The zero-order chi connectivity index (χ0) is 11.8. The summed E-state index contributed by atoms with van der Waals surface area (Å²) in [5.74, 6) is 0. The Kier molecular flexibility index (Phi) is 2.69. The molecule has 1 aliphatic heterocycles. The largest absolute Gasteiger partial charge is 0.347 e. The van der Waals surface area contributed by atoms with Crippen molar-refractivity contribution in [1.29, 1.82) is 0 Å². The first-order valence-electron chi connectivity index (χ1n) is 5.90. The highest BCUT2D eigenvalue weighted by atomic mass is 35.5. The predicted molar refractivity (Wildman–Crippen MR) is 71.3 cm³/mol. The van der Waals surface area contributed by atoms with Crippen LogP contribution in [-0.2, 0) is 20.0 Å². The summed E-state index contributed by atoms with van der Waals surface area (Å²) < 4.78 is 2.29. The Labute approximate surface area is 106 Å². The zero-order valence-electron chi connectivity index (χ0n) is 9.83. The lowest BCUT2D eigenvalue weighted by Crippen LogP contribution is -2.24. The maximum atomic E-state index is 6.05. The monoisotopic (exact) mass is 246 g/mol. The summed E-state index contributed by atoms with van der Waals surface area (Å²) in [6.07, 6.45) is 1.10. The molecule has 0 aliphatic carbocycles. The minimum Gasteiger partial charge on any atom is -0.347 e. The second-order valence-electron chi connectivity index (χ2n) is 4.50. The molecule has 88 valence electrons. The lowest BCUT2D eigenvalue weighted by molar-refractivity contribution is 0.619. The zero-order valence-corrected chi connectivity index (χ0v) is 10.6. The van der Waals surface area contributed by atoms with Gasteiger partial charge in [0.1, 0.15) is 0 Å². The number of halogens is 1. The van der Waals surface area contributed by atoms with E-state index in [1.54, 1.807) is 0 Å². The maximum absolute atomic E-state index is 6.05. The third kappa shape index (κ3) is 1.88. The van der Waals surface area contributed by atoms with Crippen LogP contribution >= 0.6 is 11.6 Å². The number of hydrogen-bond donors (Lipinski definition) is 1.